The zero-order valence-electron chi connectivity index (χ0n) is 16.5. The number of imide groups is 1. The highest BCUT2D eigenvalue weighted by Gasteiger charge is 2.61. The molecule has 2 aliphatic rings. The van der Waals surface area contributed by atoms with Gasteiger partial charge in [-0.15, -0.1) is 0 Å². The Kier molecular flexibility index (Phi) is 4.88. The summed E-state index contributed by atoms with van der Waals surface area (Å²) in [6.07, 6.45) is -1.11. The quantitative estimate of drug-likeness (QED) is 0.335. The molecule has 2 amide bonds. The number of rotatable bonds is 4. The number of anilines is 2. The van der Waals surface area contributed by atoms with E-state index >= 15 is 0 Å². The third kappa shape index (κ3) is 3.12. The summed E-state index contributed by atoms with van der Waals surface area (Å²) < 4.78 is 0. The van der Waals surface area contributed by atoms with Crippen LogP contribution in [-0.2, 0) is 14.4 Å². The standard InChI is InChI=1S/C23H16ClN3O5/c24-14-10-12-15(13-11-14)25-22(28)19-20(17-8-4-5-9-18(17)27(30)31)26(32-21(19)23(25)29)16-6-2-1-3-7-16/h1-13,19-21H/t19-,20-,21-/m1/s1. The molecule has 3 atom stereocenters. The lowest BCUT2D eigenvalue weighted by Gasteiger charge is -2.28. The molecule has 0 saturated carbocycles. The van der Waals surface area contributed by atoms with Gasteiger partial charge in [0.15, 0.2) is 6.10 Å². The van der Waals surface area contributed by atoms with E-state index in [1.165, 1.54) is 11.1 Å². The lowest BCUT2D eigenvalue weighted by molar-refractivity contribution is -0.385. The Morgan fingerprint density at radius 3 is 2.19 bits per heavy atom. The first kappa shape index (κ1) is 20.2. The molecule has 32 heavy (non-hydrogen) atoms. The van der Waals surface area contributed by atoms with Gasteiger partial charge < -0.3 is 0 Å². The summed E-state index contributed by atoms with van der Waals surface area (Å²) in [7, 11) is 0. The van der Waals surface area contributed by atoms with Crippen molar-refractivity contribution in [2.75, 3.05) is 9.96 Å². The van der Waals surface area contributed by atoms with Gasteiger partial charge in [-0.1, -0.05) is 41.9 Å². The van der Waals surface area contributed by atoms with Crippen LogP contribution in [0.1, 0.15) is 11.6 Å². The first-order valence-corrected chi connectivity index (χ1v) is 10.2. The van der Waals surface area contributed by atoms with Gasteiger partial charge in [-0.05, 0) is 42.5 Å². The van der Waals surface area contributed by atoms with Crippen molar-refractivity contribution in [2.45, 2.75) is 12.1 Å². The molecule has 2 saturated heterocycles. The number of amides is 2. The van der Waals surface area contributed by atoms with Crippen LogP contribution in [0.4, 0.5) is 17.1 Å². The minimum Gasteiger partial charge on any atom is -0.273 e. The van der Waals surface area contributed by atoms with Crippen LogP contribution >= 0.6 is 11.6 Å². The maximum absolute atomic E-state index is 13.5. The van der Waals surface area contributed by atoms with E-state index in [9.17, 15) is 19.7 Å². The first-order chi connectivity index (χ1) is 15.5. The Morgan fingerprint density at radius 2 is 1.50 bits per heavy atom. The fourth-order valence-corrected chi connectivity index (χ4v) is 4.40. The second-order valence-corrected chi connectivity index (χ2v) is 7.90. The van der Waals surface area contributed by atoms with Crippen LogP contribution in [0.5, 0.6) is 0 Å². The molecule has 8 nitrogen and oxygen atoms in total. The molecule has 2 fully saturated rings. The number of nitro groups is 1. The number of hydroxylamine groups is 1. The van der Waals surface area contributed by atoms with Crippen LogP contribution in [-0.4, -0.2) is 22.8 Å². The molecule has 0 N–H and O–H groups in total. The van der Waals surface area contributed by atoms with E-state index in [1.54, 1.807) is 66.7 Å². The molecule has 0 bridgehead atoms. The minimum absolute atomic E-state index is 0.145. The van der Waals surface area contributed by atoms with Gasteiger partial charge in [0.25, 0.3) is 11.6 Å². The molecular formula is C23H16ClN3O5. The second-order valence-electron chi connectivity index (χ2n) is 7.46. The van der Waals surface area contributed by atoms with Crippen molar-refractivity contribution >= 4 is 40.5 Å². The Labute approximate surface area is 187 Å². The van der Waals surface area contributed by atoms with E-state index < -0.39 is 34.8 Å². The van der Waals surface area contributed by atoms with Crippen molar-refractivity contribution in [1.29, 1.82) is 0 Å². The molecule has 0 aliphatic carbocycles. The highest BCUT2D eigenvalue weighted by atomic mass is 35.5. The number of hydrogen-bond donors (Lipinski definition) is 0. The molecule has 2 heterocycles. The van der Waals surface area contributed by atoms with Gasteiger partial charge in [0, 0.05) is 11.1 Å². The number of carbonyl (C=O) groups is 2. The molecule has 3 aromatic carbocycles. The summed E-state index contributed by atoms with van der Waals surface area (Å²) in [6, 6.07) is 20.6. The Hall–Kier alpha value is -3.75. The third-order valence-electron chi connectivity index (χ3n) is 5.66. The van der Waals surface area contributed by atoms with E-state index in [0.29, 0.717) is 22.0 Å². The second kappa shape index (κ2) is 7.74. The lowest BCUT2D eigenvalue weighted by Crippen LogP contribution is -2.37. The number of fused-ring (bicyclic) bond motifs is 1. The summed E-state index contributed by atoms with van der Waals surface area (Å²) in [5.41, 5.74) is 1.11. The average Bonchev–Trinajstić information content (AvgIpc) is 3.31. The fraction of sp³-hybridized carbons (Fsp3) is 0.130. The van der Waals surface area contributed by atoms with Crippen molar-refractivity contribution in [3.05, 3.63) is 99.6 Å². The number of hydrogen-bond acceptors (Lipinski definition) is 6. The number of benzene rings is 3. The minimum atomic E-state index is -1.11. The van der Waals surface area contributed by atoms with Gasteiger partial charge >= 0.3 is 0 Å². The van der Waals surface area contributed by atoms with Gasteiger partial charge in [0.05, 0.1) is 21.9 Å². The van der Waals surface area contributed by atoms with Gasteiger partial charge in [-0.25, -0.2) is 9.96 Å². The van der Waals surface area contributed by atoms with Crippen LogP contribution in [0.25, 0.3) is 0 Å². The highest BCUT2D eigenvalue weighted by molar-refractivity contribution is 6.31. The Balaban J connectivity index is 1.63. The highest BCUT2D eigenvalue weighted by Crippen LogP contribution is 2.49. The predicted molar refractivity (Wildman–Crippen MR) is 117 cm³/mol. The SMILES string of the molecule is O=C1[C@@H]2[C@@H](c3ccccc3[N+](=O)[O-])N(c3ccccc3)O[C@H]2C(=O)N1c1ccc(Cl)cc1. The predicted octanol–water partition coefficient (Wildman–Crippen LogP) is 4.30. The van der Waals surface area contributed by atoms with Gasteiger partial charge in [-0.2, -0.15) is 0 Å². The fourth-order valence-electron chi connectivity index (χ4n) is 4.28. The monoisotopic (exact) mass is 449 g/mol. The number of para-hydroxylation sites is 2. The van der Waals surface area contributed by atoms with Crippen LogP contribution in [0.3, 0.4) is 0 Å². The number of nitrogens with zero attached hydrogens (tertiary/aromatic N) is 3. The smallest absolute Gasteiger partial charge is 0.273 e. The number of halogens is 1. The molecule has 0 unspecified atom stereocenters. The zero-order chi connectivity index (χ0) is 22.4. The molecule has 3 aromatic rings. The molecule has 5 rings (SSSR count). The van der Waals surface area contributed by atoms with E-state index in [4.69, 9.17) is 16.4 Å². The van der Waals surface area contributed by atoms with E-state index in [-0.39, 0.29) is 5.69 Å². The number of nitro benzene ring substituents is 1. The summed E-state index contributed by atoms with van der Waals surface area (Å²) >= 11 is 5.94. The van der Waals surface area contributed by atoms with Gasteiger partial charge in [0.2, 0.25) is 5.91 Å². The van der Waals surface area contributed by atoms with Crippen molar-refractivity contribution in [3.8, 4) is 0 Å². The molecule has 160 valence electrons. The zero-order valence-corrected chi connectivity index (χ0v) is 17.3. The normalized spacial score (nSPS) is 22.3. The average molecular weight is 450 g/mol. The van der Waals surface area contributed by atoms with Gasteiger partial charge in [0.1, 0.15) is 12.0 Å². The first-order valence-electron chi connectivity index (χ1n) is 9.85. The molecular weight excluding hydrogens is 434 g/mol. The Bertz CT molecular complexity index is 1220. The summed E-state index contributed by atoms with van der Waals surface area (Å²) in [5, 5.41) is 13.7. The molecule has 0 aromatic heterocycles. The van der Waals surface area contributed by atoms with Crippen LogP contribution < -0.4 is 9.96 Å². The largest absolute Gasteiger partial charge is 0.274 e. The van der Waals surface area contributed by atoms with Crippen LogP contribution in [0, 0.1) is 16.0 Å². The van der Waals surface area contributed by atoms with Crippen molar-refractivity contribution in [2.24, 2.45) is 5.92 Å². The van der Waals surface area contributed by atoms with Crippen molar-refractivity contribution < 1.29 is 19.3 Å². The van der Waals surface area contributed by atoms with Crippen LogP contribution in [0.15, 0.2) is 78.9 Å². The van der Waals surface area contributed by atoms with Crippen LogP contribution in [0.2, 0.25) is 5.02 Å². The van der Waals surface area contributed by atoms with Crippen molar-refractivity contribution in [1.82, 2.24) is 0 Å². The summed E-state index contributed by atoms with van der Waals surface area (Å²) in [4.78, 5) is 45.1. The Morgan fingerprint density at radius 1 is 0.844 bits per heavy atom. The summed E-state index contributed by atoms with van der Waals surface area (Å²) in [6.45, 7) is 0. The maximum Gasteiger partial charge on any atom is 0.274 e. The van der Waals surface area contributed by atoms with Gasteiger partial charge in [-0.3, -0.25) is 24.5 Å². The van der Waals surface area contributed by atoms with E-state index in [2.05, 4.69) is 0 Å². The molecule has 9 heteroatoms. The van der Waals surface area contributed by atoms with E-state index in [1.807, 2.05) is 6.07 Å². The lowest BCUT2D eigenvalue weighted by atomic mass is 9.89. The van der Waals surface area contributed by atoms with Crippen molar-refractivity contribution in [3.63, 3.8) is 0 Å². The third-order valence-corrected chi connectivity index (χ3v) is 5.91. The number of carbonyl (C=O) groups excluding carboxylic acids is 2. The maximum atomic E-state index is 13.5. The topological polar surface area (TPSA) is 93.0 Å². The molecule has 0 radical (unpaired) electrons. The summed E-state index contributed by atoms with van der Waals surface area (Å²) in [5.74, 6) is -1.97. The molecule has 2 aliphatic heterocycles. The molecule has 0 spiro atoms. The van der Waals surface area contributed by atoms with E-state index in [0.717, 1.165) is 4.90 Å².